The second kappa shape index (κ2) is 11.7. The van der Waals surface area contributed by atoms with Crippen molar-refractivity contribution in [2.45, 2.75) is 45.4 Å². The highest BCUT2D eigenvalue weighted by Crippen LogP contribution is 2.30. The Morgan fingerprint density at radius 1 is 1.34 bits per heavy atom. The van der Waals surface area contributed by atoms with Crippen LogP contribution in [0.2, 0.25) is 0 Å². The summed E-state index contributed by atoms with van der Waals surface area (Å²) in [5.41, 5.74) is 2.93. The number of nitrogens with zero attached hydrogens (tertiary/aromatic N) is 2. The standard InChI is InChI=1S/C26H35FN4O/c1-4-14-28-25-24(27)23(12-16-29-25)31-17-13-21(18-31)7-6-20-8-10-22(11-9-20)19(3)26(32)30-15-5-2/h5,8-12,16,19,21H,2,4,6-7,13-15,17-18H2,1,3H3,(H,28,29)(H,30,32)/t19?,21-/m1/s1. The molecule has 1 aliphatic heterocycles. The molecule has 0 aliphatic carbocycles. The van der Waals surface area contributed by atoms with Gasteiger partial charge in [0.2, 0.25) is 5.91 Å². The van der Waals surface area contributed by atoms with Crippen LogP contribution in [-0.4, -0.2) is 37.1 Å². The molecular formula is C26H35FN4O. The van der Waals surface area contributed by atoms with E-state index < -0.39 is 0 Å². The zero-order valence-corrected chi connectivity index (χ0v) is 19.2. The SMILES string of the molecule is C=CCNC(=O)C(C)c1ccc(CC[C@@H]2CCN(c3ccnc(NCCC)c3F)C2)cc1. The van der Waals surface area contributed by atoms with Crippen LogP contribution in [0.3, 0.4) is 0 Å². The number of benzene rings is 1. The van der Waals surface area contributed by atoms with Gasteiger partial charge in [0.25, 0.3) is 0 Å². The largest absolute Gasteiger partial charge is 0.369 e. The smallest absolute Gasteiger partial charge is 0.227 e. The summed E-state index contributed by atoms with van der Waals surface area (Å²) in [4.78, 5) is 18.4. The van der Waals surface area contributed by atoms with E-state index in [4.69, 9.17) is 0 Å². The lowest BCUT2D eigenvalue weighted by Gasteiger charge is -2.20. The Hall–Kier alpha value is -2.89. The first kappa shape index (κ1) is 23.8. The predicted octanol–water partition coefficient (Wildman–Crippen LogP) is 4.91. The fourth-order valence-electron chi connectivity index (χ4n) is 4.15. The molecule has 0 spiro atoms. The Morgan fingerprint density at radius 2 is 2.12 bits per heavy atom. The maximum atomic E-state index is 14.9. The Labute approximate surface area is 191 Å². The second-order valence-electron chi connectivity index (χ2n) is 8.56. The molecule has 32 heavy (non-hydrogen) atoms. The van der Waals surface area contributed by atoms with Crippen LogP contribution in [0.4, 0.5) is 15.9 Å². The number of amides is 1. The van der Waals surface area contributed by atoms with Gasteiger partial charge in [-0.25, -0.2) is 9.37 Å². The Morgan fingerprint density at radius 3 is 2.84 bits per heavy atom. The summed E-state index contributed by atoms with van der Waals surface area (Å²) < 4.78 is 14.9. The summed E-state index contributed by atoms with van der Waals surface area (Å²) >= 11 is 0. The Kier molecular flexibility index (Phi) is 8.65. The van der Waals surface area contributed by atoms with Gasteiger partial charge in [-0.3, -0.25) is 4.79 Å². The van der Waals surface area contributed by atoms with Gasteiger partial charge in [-0.2, -0.15) is 0 Å². The fraction of sp³-hybridized carbons (Fsp3) is 0.462. The van der Waals surface area contributed by atoms with E-state index in [0.29, 0.717) is 30.5 Å². The number of anilines is 2. The summed E-state index contributed by atoms with van der Waals surface area (Å²) in [7, 11) is 0. The molecule has 2 atom stereocenters. The number of carbonyl (C=O) groups is 1. The molecule has 1 fully saturated rings. The highest BCUT2D eigenvalue weighted by molar-refractivity contribution is 5.83. The monoisotopic (exact) mass is 438 g/mol. The van der Waals surface area contributed by atoms with Crippen molar-refractivity contribution in [1.82, 2.24) is 10.3 Å². The van der Waals surface area contributed by atoms with Crippen molar-refractivity contribution < 1.29 is 9.18 Å². The lowest BCUT2D eigenvalue weighted by atomic mass is 9.95. The van der Waals surface area contributed by atoms with Crippen LogP contribution in [0.15, 0.2) is 49.2 Å². The number of hydrogen-bond donors (Lipinski definition) is 2. The molecule has 0 saturated carbocycles. The van der Waals surface area contributed by atoms with Gasteiger partial charge < -0.3 is 15.5 Å². The van der Waals surface area contributed by atoms with E-state index >= 15 is 0 Å². The van der Waals surface area contributed by atoms with Crippen LogP contribution < -0.4 is 15.5 Å². The van der Waals surface area contributed by atoms with Crippen molar-refractivity contribution in [3.8, 4) is 0 Å². The number of pyridine rings is 1. The molecule has 1 aromatic heterocycles. The minimum Gasteiger partial charge on any atom is -0.369 e. The molecule has 1 aliphatic rings. The highest BCUT2D eigenvalue weighted by atomic mass is 19.1. The van der Waals surface area contributed by atoms with Gasteiger partial charge in [0.05, 0.1) is 11.6 Å². The van der Waals surface area contributed by atoms with E-state index in [1.165, 1.54) is 5.56 Å². The first-order chi connectivity index (χ1) is 15.5. The van der Waals surface area contributed by atoms with E-state index in [9.17, 15) is 9.18 Å². The summed E-state index contributed by atoms with van der Waals surface area (Å²) in [6.45, 7) is 10.5. The third-order valence-electron chi connectivity index (χ3n) is 6.17. The minimum atomic E-state index is -0.247. The van der Waals surface area contributed by atoms with Gasteiger partial charge in [0, 0.05) is 32.4 Å². The van der Waals surface area contributed by atoms with E-state index in [-0.39, 0.29) is 17.6 Å². The topological polar surface area (TPSA) is 57.3 Å². The van der Waals surface area contributed by atoms with Crippen molar-refractivity contribution in [2.75, 3.05) is 36.4 Å². The van der Waals surface area contributed by atoms with Crippen LogP contribution in [0, 0.1) is 11.7 Å². The number of aryl methyl sites for hydroxylation is 1. The molecule has 0 radical (unpaired) electrons. The number of carbonyl (C=O) groups excluding carboxylic acids is 1. The summed E-state index contributed by atoms with van der Waals surface area (Å²) in [5.74, 6) is 0.473. The third-order valence-corrected chi connectivity index (χ3v) is 6.17. The van der Waals surface area contributed by atoms with E-state index in [0.717, 1.165) is 44.3 Å². The van der Waals surface area contributed by atoms with Gasteiger partial charge in [-0.15, -0.1) is 6.58 Å². The summed E-state index contributed by atoms with van der Waals surface area (Å²) in [6, 6.07) is 10.1. The van der Waals surface area contributed by atoms with Crippen LogP contribution in [0.1, 0.15) is 50.2 Å². The van der Waals surface area contributed by atoms with Crippen LogP contribution in [0.25, 0.3) is 0 Å². The van der Waals surface area contributed by atoms with Crippen molar-refractivity contribution in [2.24, 2.45) is 5.92 Å². The Bertz CT molecular complexity index is 899. The summed E-state index contributed by atoms with van der Waals surface area (Å²) in [5, 5.41) is 5.92. The average Bonchev–Trinajstić information content (AvgIpc) is 3.29. The average molecular weight is 439 g/mol. The molecule has 5 nitrogen and oxygen atoms in total. The molecule has 2 heterocycles. The van der Waals surface area contributed by atoms with Crippen LogP contribution in [0.5, 0.6) is 0 Å². The first-order valence-corrected chi connectivity index (χ1v) is 11.6. The van der Waals surface area contributed by atoms with Gasteiger partial charge in [-0.1, -0.05) is 37.3 Å². The molecule has 172 valence electrons. The number of hydrogen-bond acceptors (Lipinski definition) is 4. The number of nitrogens with one attached hydrogen (secondary N) is 2. The normalized spacial score (nSPS) is 16.6. The van der Waals surface area contributed by atoms with Gasteiger partial charge >= 0.3 is 0 Å². The maximum Gasteiger partial charge on any atom is 0.227 e. The first-order valence-electron chi connectivity index (χ1n) is 11.6. The zero-order valence-electron chi connectivity index (χ0n) is 19.2. The van der Waals surface area contributed by atoms with Crippen molar-refractivity contribution in [3.63, 3.8) is 0 Å². The van der Waals surface area contributed by atoms with Crippen molar-refractivity contribution in [3.05, 3.63) is 66.1 Å². The van der Waals surface area contributed by atoms with Gasteiger partial charge in [-0.05, 0) is 55.7 Å². The molecule has 0 bridgehead atoms. The van der Waals surface area contributed by atoms with Crippen LogP contribution in [-0.2, 0) is 11.2 Å². The molecule has 6 heteroatoms. The second-order valence-corrected chi connectivity index (χ2v) is 8.56. The molecular weight excluding hydrogens is 403 g/mol. The maximum absolute atomic E-state index is 14.9. The minimum absolute atomic E-state index is 0.0140. The molecule has 1 unspecified atom stereocenters. The van der Waals surface area contributed by atoms with Gasteiger partial charge in [0.1, 0.15) is 0 Å². The van der Waals surface area contributed by atoms with E-state index in [1.807, 2.05) is 19.1 Å². The summed E-state index contributed by atoms with van der Waals surface area (Å²) in [6.07, 6.45) is 7.42. The number of halogens is 1. The highest BCUT2D eigenvalue weighted by Gasteiger charge is 2.25. The van der Waals surface area contributed by atoms with Crippen molar-refractivity contribution >= 4 is 17.4 Å². The Balaban J connectivity index is 1.51. The van der Waals surface area contributed by atoms with Gasteiger partial charge in [0.15, 0.2) is 11.6 Å². The lowest BCUT2D eigenvalue weighted by Crippen LogP contribution is -2.27. The molecule has 1 amide bonds. The molecule has 2 N–H and O–H groups in total. The number of aromatic nitrogens is 1. The molecule has 2 aromatic rings. The molecule has 3 rings (SSSR count). The predicted molar refractivity (Wildman–Crippen MR) is 130 cm³/mol. The van der Waals surface area contributed by atoms with E-state index in [2.05, 4.69) is 46.2 Å². The molecule has 1 aromatic carbocycles. The van der Waals surface area contributed by atoms with Crippen molar-refractivity contribution in [1.29, 1.82) is 0 Å². The fourth-order valence-corrected chi connectivity index (χ4v) is 4.15. The third kappa shape index (κ3) is 6.09. The quantitative estimate of drug-likeness (QED) is 0.490. The van der Waals surface area contributed by atoms with E-state index in [1.54, 1.807) is 18.3 Å². The zero-order chi connectivity index (χ0) is 22.9. The lowest BCUT2D eigenvalue weighted by molar-refractivity contribution is -0.122. The van der Waals surface area contributed by atoms with Crippen LogP contribution >= 0.6 is 0 Å². The molecule has 1 saturated heterocycles. The number of rotatable bonds is 11.